The number of rotatable bonds is 4. The second kappa shape index (κ2) is 6.20. The molecule has 0 aliphatic carbocycles. The summed E-state index contributed by atoms with van der Waals surface area (Å²) in [5, 5.41) is 2.93. The molecule has 2 heterocycles. The third-order valence-electron chi connectivity index (χ3n) is 4.53. The van der Waals surface area contributed by atoms with Crippen LogP contribution in [0.3, 0.4) is 0 Å². The normalized spacial score (nSPS) is 14.2. The van der Waals surface area contributed by atoms with Crippen LogP contribution in [0.25, 0.3) is 0 Å². The largest absolute Gasteiger partial charge is 0.497 e. The smallest absolute Gasteiger partial charge is 0.259 e. The molecule has 0 bridgehead atoms. The molecule has 0 saturated carbocycles. The topological polar surface area (TPSA) is 66.0 Å². The van der Waals surface area contributed by atoms with Gasteiger partial charge in [0.05, 0.1) is 38.7 Å². The lowest BCUT2D eigenvalue weighted by Crippen LogP contribution is -2.16. The Bertz CT molecular complexity index is 814. The van der Waals surface area contributed by atoms with E-state index < -0.39 is 0 Å². The van der Waals surface area contributed by atoms with Crippen molar-refractivity contribution in [1.29, 1.82) is 0 Å². The average molecular weight is 341 g/mol. The van der Waals surface area contributed by atoms with Gasteiger partial charge in [0, 0.05) is 30.0 Å². The molecule has 4 rings (SSSR count). The van der Waals surface area contributed by atoms with E-state index in [2.05, 4.69) is 5.32 Å². The zero-order chi connectivity index (χ0) is 17.4. The Morgan fingerprint density at radius 1 is 1.08 bits per heavy atom. The summed E-state index contributed by atoms with van der Waals surface area (Å²) >= 11 is 0. The van der Waals surface area contributed by atoms with Gasteiger partial charge in [-0.3, -0.25) is 4.79 Å². The van der Waals surface area contributed by atoms with Gasteiger partial charge in [-0.25, -0.2) is 0 Å². The molecule has 130 valence electrons. The number of ether oxygens (including phenoxy) is 4. The van der Waals surface area contributed by atoms with Crippen LogP contribution in [-0.4, -0.2) is 33.3 Å². The summed E-state index contributed by atoms with van der Waals surface area (Å²) in [4.78, 5) is 13.1. The van der Waals surface area contributed by atoms with Crippen molar-refractivity contribution in [2.75, 3.05) is 32.8 Å². The minimum absolute atomic E-state index is 0.230. The molecule has 2 aromatic carbocycles. The molecule has 2 aromatic rings. The predicted molar refractivity (Wildman–Crippen MR) is 92.3 cm³/mol. The Labute approximate surface area is 145 Å². The molecular formula is C19H19NO5. The van der Waals surface area contributed by atoms with Gasteiger partial charge in [0.15, 0.2) is 0 Å². The summed E-state index contributed by atoms with van der Waals surface area (Å²) in [6.45, 7) is 1.17. The molecule has 0 atom stereocenters. The van der Waals surface area contributed by atoms with Gasteiger partial charge in [0.2, 0.25) is 0 Å². The van der Waals surface area contributed by atoms with Crippen molar-refractivity contribution in [1.82, 2.24) is 0 Å². The first-order valence-corrected chi connectivity index (χ1v) is 8.19. The van der Waals surface area contributed by atoms with Crippen LogP contribution in [0.15, 0.2) is 24.3 Å². The molecule has 2 aliphatic rings. The molecule has 1 N–H and O–H groups in total. The Hall–Kier alpha value is -2.89. The van der Waals surface area contributed by atoms with Crippen molar-refractivity contribution in [3.8, 4) is 23.0 Å². The molecule has 0 fully saturated rings. The first kappa shape index (κ1) is 15.6. The average Bonchev–Trinajstić information content (AvgIpc) is 3.27. The monoisotopic (exact) mass is 341 g/mol. The van der Waals surface area contributed by atoms with E-state index >= 15 is 0 Å². The van der Waals surface area contributed by atoms with Crippen molar-refractivity contribution >= 4 is 11.6 Å². The number of hydrogen-bond donors (Lipinski definition) is 1. The Balaban J connectivity index is 1.74. The molecule has 6 nitrogen and oxygen atoms in total. The van der Waals surface area contributed by atoms with Crippen LogP contribution >= 0.6 is 0 Å². The Kier molecular flexibility index (Phi) is 3.87. The summed E-state index contributed by atoms with van der Waals surface area (Å²) in [7, 11) is 3.14. The summed E-state index contributed by atoms with van der Waals surface area (Å²) in [6.07, 6.45) is 1.48. The summed E-state index contributed by atoms with van der Waals surface area (Å²) < 4.78 is 22.0. The van der Waals surface area contributed by atoms with Crippen molar-refractivity contribution in [3.05, 3.63) is 41.0 Å². The van der Waals surface area contributed by atoms with Crippen LogP contribution in [0.2, 0.25) is 0 Å². The highest BCUT2D eigenvalue weighted by Gasteiger charge is 2.30. The second-order valence-corrected chi connectivity index (χ2v) is 5.93. The number of fused-ring (bicyclic) bond motifs is 2. The van der Waals surface area contributed by atoms with Gasteiger partial charge in [-0.2, -0.15) is 0 Å². The number of carbonyl (C=O) groups is 1. The van der Waals surface area contributed by atoms with E-state index in [0.717, 1.165) is 23.3 Å². The van der Waals surface area contributed by atoms with Gasteiger partial charge in [-0.1, -0.05) is 0 Å². The minimum Gasteiger partial charge on any atom is -0.497 e. The van der Waals surface area contributed by atoms with Gasteiger partial charge < -0.3 is 24.3 Å². The summed E-state index contributed by atoms with van der Waals surface area (Å²) in [6, 6.07) is 7.27. The third kappa shape index (κ3) is 2.63. The van der Waals surface area contributed by atoms with Crippen molar-refractivity contribution < 1.29 is 23.7 Å². The minimum atomic E-state index is -0.230. The van der Waals surface area contributed by atoms with Gasteiger partial charge in [-0.05, 0) is 18.2 Å². The molecular weight excluding hydrogens is 322 g/mol. The van der Waals surface area contributed by atoms with Crippen LogP contribution in [0.5, 0.6) is 23.0 Å². The molecule has 0 saturated heterocycles. The molecule has 0 spiro atoms. The molecule has 0 radical (unpaired) electrons. The molecule has 2 aliphatic heterocycles. The molecule has 6 heteroatoms. The molecule has 0 unspecified atom stereocenters. The van der Waals surface area contributed by atoms with E-state index in [1.54, 1.807) is 32.4 Å². The Morgan fingerprint density at radius 3 is 2.72 bits per heavy atom. The number of methoxy groups -OCH3 is 2. The highest BCUT2D eigenvalue weighted by molar-refractivity contribution is 6.09. The lowest BCUT2D eigenvalue weighted by molar-refractivity contribution is 0.102. The number of carbonyl (C=O) groups excluding carboxylic acids is 1. The summed E-state index contributed by atoms with van der Waals surface area (Å²) in [5.41, 5.74) is 3.03. The number of nitrogens with one attached hydrogen (secondary N) is 1. The van der Waals surface area contributed by atoms with Crippen molar-refractivity contribution in [3.63, 3.8) is 0 Å². The van der Waals surface area contributed by atoms with Crippen LogP contribution in [0.4, 0.5) is 5.69 Å². The quantitative estimate of drug-likeness (QED) is 0.926. The van der Waals surface area contributed by atoms with Crippen LogP contribution < -0.4 is 24.3 Å². The fourth-order valence-electron chi connectivity index (χ4n) is 3.32. The maximum Gasteiger partial charge on any atom is 0.259 e. The van der Waals surface area contributed by atoms with E-state index in [4.69, 9.17) is 18.9 Å². The number of anilines is 1. The maximum absolute atomic E-state index is 13.1. The van der Waals surface area contributed by atoms with E-state index in [1.807, 2.05) is 6.07 Å². The van der Waals surface area contributed by atoms with Crippen molar-refractivity contribution in [2.24, 2.45) is 0 Å². The zero-order valence-electron chi connectivity index (χ0n) is 14.2. The standard InChI is InChI=1S/C19H19NO5/c1-22-12-3-4-15(23-2)14(10-12)20-19(21)17-13-6-8-24-16(13)9-11-5-7-25-18(11)17/h3-4,9-10H,5-8H2,1-2H3,(H,20,21). The van der Waals surface area contributed by atoms with Crippen LogP contribution in [0.1, 0.15) is 21.5 Å². The lowest BCUT2D eigenvalue weighted by atomic mass is 9.99. The zero-order valence-corrected chi connectivity index (χ0v) is 14.2. The summed E-state index contributed by atoms with van der Waals surface area (Å²) in [5.74, 6) is 2.43. The van der Waals surface area contributed by atoms with E-state index in [9.17, 15) is 4.79 Å². The number of amides is 1. The highest BCUT2D eigenvalue weighted by Crippen LogP contribution is 2.41. The molecule has 25 heavy (non-hydrogen) atoms. The lowest BCUT2D eigenvalue weighted by Gasteiger charge is -2.15. The first-order chi connectivity index (χ1) is 12.2. The van der Waals surface area contributed by atoms with E-state index in [1.165, 1.54) is 0 Å². The van der Waals surface area contributed by atoms with Gasteiger partial charge in [0.25, 0.3) is 5.91 Å². The number of hydrogen-bond acceptors (Lipinski definition) is 5. The van der Waals surface area contributed by atoms with E-state index in [0.29, 0.717) is 48.1 Å². The fraction of sp³-hybridized carbons (Fsp3) is 0.316. The van der Waals surface area contributed by atoms with Gasteiger partial charge in [0.1, 0.15) is 23.0 Å². The fourth-order valence-corrected chi connectivity index (χ4v) is 3.32. The van der Waals surface area contributed by atoms with Crippen molar-refractivity contribution in [2.45, 2.75) is 12.8 Å². The van der Waals surface area contributed by atoms with Crippen LogP contribution in [0, 0.1) is 0 Å². The van der Waals surface area contributed by atoms with Crippen LogP contribution in [-0.2, 0) is 12.8 Å². The highest BCUT2D eigenvalue weighted by atomic mass is 16.5. The number of benzene rings is 2. The third-order valence-corrected chi connectivity index (χ3v) is 4.53. The van der Waals surface area contributed by atoms with E-state index in [-0.39, 0.29) is 5.91 Å². The van der Waals surface area contributed by atoms with Gasteiger partial charge >= 0.3 is 0 Å². The Morgan fingerprint density at radius 2 is 1.92 bits per heavy atom. The first-order valence-electron chi connectivity index (χ1n) is 8.19. The molecule has 0 aromatic heterocycles. The second-order valence-electron chi connectivity index (χ2n) is 5.93. The SMILES string of the molecule is COc1ccc(OC)c(NC(=O)c2c3c(cc4c2OCC4)OCC3)c1. The molecule has 1 amide bonds. The predicted octanol–water partition coefficient (Wildman–Crippen LogP) is 2.83. The maximum atomic E-state index is 13.1. The van der Waals surface area contributed by atoms with Gasteiger partial charge in [-0.15, -0.1) is 0 Å².